The van der Waals surface area contributed by atoms with Gasteiger partial charge in [0.05, 0.1) is 5.38 Å². The molecule has 1 aromatic rings. The van der Waals surface area contributed by atoms with Crippen molar-refractivity contribution in [3.8, 4) is 0 Å². The average molecular weight is 285 g/mol. The van der Waals surface area contributed by atoms with E-state index in [0.717, 1.165) is 18.4 Å². The predicted octanol–water partition coefficient (Wildman–Crippen LogP) is 6.55. The summed E-state index contributed by atoms with van der Waals surface area (Å²) in [5, 5.41) is 0.0231. The average Bonchev–Trinajstić information content (AvgIpc) is 2.40. The summed E-state index contributed by atoms with van der Waals surface area (Å²) in [4.78, 5) is 0. The number of hydrogen-bond acceptors (Lipinski definition) is 0. The third-order valence-electron chi connectivity index (χ3n) is 3.60. The fourth-order valence-electron chi connectivity index (χ4n) is 2.31. The van der Waals surface area contributed by atoms with E-state index in [-0.39, 0.29) is 11.2 Å². The Balaban J connectivity index is 2.20. The Labute approximate surface area is 122 Å². The fraction of sp³-hybridized carbons (Fsp3) is 0.647. The van der Waals surface area contributed by atoms with Gasteiger partial charge < -0.3 is 0 Å². The third-order valence-corrected chi connectivity index (χ3v) is 4.08. The fourth-order valence-corrected chi connectivity index (χ4v) is 2.60. The van der Waals surface area contributed by atoms with E-state index in [1.165, 1.54) is 44.6 Å². The molecular weight excluding hydrogens is 259 g/mol. The van der Waals surface area contributed by atoms with Crippen LogP contribution in [0, 0.1) is 12.7 Å². The maximum atomic E-state index is 13.2. The second-order valence-corrected chi connectivity index (χ2v) is 5.91. The van der Waals surface area contributed by atoms with Crippen LogP contribution in [0.25, 0.3) is 0 Å². The molecule has 1 rings (SSSR count). The molecule has 0 nitrogen and oxygen atoms in total. The van der Waals surface area contributed by atoms with Crippen molar-refractivity contribution in [2.45, 2.75) is 70.6 Å². The summed E-state index contributed by atoms with van der Waals surface area (Å²) in [6.45, 7) is 4.03. The van der Waals surface area contributed by atoms with Gasteiger partial charge in [-0.15, -0.1) is 11.6 Å². The molecule has 1 atom stereocenters. The van der Waals surface area contributed by atoms with Gasteiger partial charge in [0, 0.05) is 0 Å². The third kappa shape index (κ3) is 6.42. The van der Waals surface area contributed by atoms with Crippen molar-refractivity contribution in [3.05, 3.63) is 35.1 Å². The van der Waals surface area contributed by atoms with Crippen LogP contribution < -0.4 is 0 Å². The second-order valence-electron chi connectivity index (χ2n) is 5.39. The molecule has 0 aromatic heterocycles. The Morgan fingerprint density at radius 1 is 1.05 bits per heavy atom. The van der Waals surface area contributed by atoms with Crippen LogP contribution in [0.1, 0.15) is 74.8 Å². The lowest BCUT2D eigenvalue weighted by molar-refractivity contribution is 0.571. The largest absolute Gasteiger partial charge is 0.207 e. The molecule has 2 heteroatoms. The van der Waals surface area contributed by atoms with E-state index in [0.29, 0.717) is 5.56 Å². The minimum atomic E-state index is -0.149. The van der Waals surface area contributed by atoms with Crippen molar-refractivity contribution in [1.29, 1.82) is 0 Å². The number of benzene rings is 1. The van der Waals surface area contributed by atoms with Crippen LogP contribution in [0.5, 0.6) is 0 Å². The molecule has 0 spiro atoms. The van der Waals surface area contributed by atoms with Crippen molar-refractivity contribution in [3.63, 3.8) is 0 Å². The van der Waals surface area contributed by atoms with Crippen molar-refractivity contribution >= 4 is 11.6 Å². The van der Waals surface area contributed by atoms with Crippen LogP contribution in [0.3, 0.4) is 0 Å². The molecule has 19 heavy (non-hydrogen) atoms. The number of hydrogen-bond donors (Lipinski definition) is 0. The number of halogens is 2. The van der Waals surface area contributed by atoms with E-state index in [1.54, 1.807) is 13.0 Å². The van der Waals surface area contributed by atoms with Crippen molar-refractivity contribution in [2.24, 2.45) is 0 Å². The summed E-state index contributed by atoms with van der Waals surface area (Å²) in [6, 6.07) is 5.19. The molecular formula is C17H26ClF. The number of rotatable bonds is 9. The highest BCUT2D eigenvalue weighted by molar-refractivity contribution is 6.20. The Morgan fingerprint density at radius 2 is 1.68 bits per heavy atom. The molecule has 0 amide bonds. The van der Waals surface area contributed by atoms with E-state index < -0.39 is 0 Å². The van der Waals surface area contributed by atoms with Gasteiger partial charge >= 0.3 is 0 Å². The molecule has 1 aromatic carbocycles. The quantitative estimate of drug-likeness (QED) is 0.356. The minimum absolute atomic E-state index is 0.0231. The summed E-state index contributed by atoms with van der Waals surface area (Å²) in [5.74, 6) is -0.149. The highest BCUT2D eigenvalue weighted by Gasteiger charge is 2.09. The zero-order chi connectivity index (χ0) is 14.1. The monoisotopic (exact) mass is 284 g/mol. The van der Waals surface area contributed by atoms with Gasteiger partial charge in [0.15, 0.2) is 0 Å². The first-order valence-corrected chi connectivity index (χ1v) is 7.99. The Morgan fingerprint density at radius 3 is 2.32 bits per heavy atom. The zero-order valence-corrected chi connectivity index (χ0v) is 13.0. The van der Waals surface area contributed by atoms with Crippen LogP contribution in [0.4, 0.5) is 4.39 Å². The normalized spacial score (nSPS) is 12.6. The number of alkyl halides is 1. The molecule has 1 unspecified atom stereocenters. The molecule has 0 saturated heterocycles. The Hall–Kier alpha value is -0.560. The first-order chi connectivity index (χ1) is 9.15. The standard InChI is InChI=1S/C17H26ClF/c1-3-4-5-6-7-8-9-10-16(18)15-11-12-17(19)14(2)13-15/h11-13,16H,3-10H2,1-2H3. The van der Waals surface area contributed by atoms with Gasteiger partial charge in [-0.1, -0.05) is 64.0 Å². The molecule has 0 aliphatic carbocycles. The van der Waals surface area contributed by atoms with Crippen LogP contribution in [-0.2, 0) is 0 Å². The highest BCUT2D eigenvalue weighted by atomic mass is 35.5. The molecule has 0 fully saturated rings. The topological polar surface area (TPSA) is 0 Å². The summed E-state index contributed by atoms with van der Waals surface area (Å²) >= 11 is 6.37. The number of unbranched alkanes of at least 4 members (excludes halogenated alkanes) is 6. The summed E-state index contributed by atoms with van der Waals surface area (Å²) < 4.78 is 13.2. The Bertz CT molecular complexity index is 362. The van der Waals surface area contributed by atoms with Gasteiger partial charge in [0.1, 0.15) is 5.82 Å². The van der Waals surface area contributed by atoms with Crippen LogP contribution >= 0.6 is 11.6 Å². The van der Waals surface area contributed by atoms with Gasteiger partial charge in [-0.2, -0.15) is 0 Å². The zero-order valence-electron chi connectivity index (χ0n) is 12.2. The second kappa shape index (κ2) is 9.36. The lowest BCUT2D eigenvalue weighted by atomic mass is 10.0. The first-order valence-electron chi connectivity index (χ1n) is 7.55. The maximum Gasteiger partial charge on any atom is 0.126 e. The molecule has 0 N–H and O–H groups in total. The first kappa shape index (κ1) is 16.5. The minimum Gasteiger partial charge on any atom is -0.207 e. The molecule has 0 aliphatic heterocycles. The van der Waals surface area contributed by atoms with Gasteiger partial charge in [-0.05, 0) is 30.5 Å². The molecule has 0 radical (unpaired) electrons. The molecule has 0 bridgehead atoms. The van der Waals surface area contributed by atoms with Crippen molar-refractivity contribution in [1.82, 2.24) is 0 Å². The highest BCUT2D eigenvalue weighted by Crippen LogP contribution is 2.28. The van der Waals surface area contributed by atoms with Crippen molar-refractivity contribution in [2.75, 3.05) is 0 Å². The molecule has 108 valence electrons. The molecule has 0 heterocycles. The predicted molar refractivity (Wildman–Crippen MR) is 82.3 cm³/mol. The summed E-state index contributed by atoms with van der Waals surface area (Å²) in [6.07, 6.45) is 10.1. The lowest BCUT2D eigenvalue weighted by Gasteiger charge is -2.11. The van der Waals surface area contributed by atoms with Crippen molar-refractivity contribution < 1.29 is 4.39 Å². The van der Waals surface area contributed by atoms with E-state index in [1.807, 2.05) is 6.07 Å². The van der Waals surface area contributed by atoms with Crippen LogP contribution in [-0.4, -0.2) is 0 Å². The summed E-state index contributed by atoms with van der Waals surface area (Å²) in [5.41, 5.74) is 1.73. The van der Waals surface area contributed by atoms with Crippen LogP contribution in [0.15, 0.2) is 18.2 Å². The lowest BCUT2D eigenvalue weighted by Crippen LogP contribution is -1.93. The summed E-state index contributed by atoms with van der Waals surface area (Å²) in [7, 11) is 0. The van der Waals surface area contributed by atoms with E-state index >= 15 is 0 Å². The van der Waals surface area contributed by atoms with E-state index in [2.05, 4.69) is 6.92 Å². The number of aryl methyl sites for hydroxylation is 1. The SMILES string of the molecule is CCCCCCCCCC(Cl)c1ccc(F)c(C)c1. The van der Waals surface area contributed by atoms with Gasteiger partial charge in [0.25, 0.3) is 0 Å². The maximum absolute atomic E-state index is 13.2. The van der Waals surface area contributed by atoms with Gasteiger partial charge in [0.2, 0.25) is 0 Å². The van der Waals surface area contributed by atoms with E-state index in [9.17, 15) is 4.39 Å². The van der Waals surface area contributed by atoms with Crippen LogP contribution in [0.2, 0.25) is 0 Å². The van der Waals surface area contributed by atoms with E-state index in [4.69, 9.17) is 11.6 Å². The molecule has 0 saturated carbocycles. The smallest absolute Gasteiger partial charge is 0.126 e. The molecule has 0 aliphatic rings. The van der Waals surface area contributed by atoms with Gasteiger partial charge in [-0.25, -0.2) is 4.39 Å². The Kier molecular flexibility index (Phi) is 8.13. The van der Waals surface area contributed by atoms with Gasteiger partial charge in [-0.3, -0.25) is 0 Å².